The minimum Gasteiger partial charge on any atom is -0.310 e. The lowest BCUT2D eigenvalue weighted by Crippen LogP contribution is -2.33. The summed E-state index contributed by atoms with van der Waals surface area (Å²) in [6, 6.07) is 73.0. The van der Waals surface area contributed by atoms with E-state index in [0.717, 1.165) is 37.1 Å². The molecule has 1 unspecified atom stereocenters. The molecule has 0 radical (unpaired) electrons. The van der Waals surface area contributed by atoms with Gasteiger partial charge in [0, 0.05) is 28.1 Å². The molecule has 1 atom stereocenters. The van der Waals surface area contributed by atoms with Crippen molar-refractivity contribution in [2.45, 2.75) is 50.4 Å². The van der Waals surface area contributed by atoms with Crippen LogP contribution in [0.3, 0.4) is 0 Å². The zero-order valence-corrected chi connectivity index (χ0v) is 36.0. The average Bonchev–Trinajstić information content (AvgIpc) is 3.77. The van der Waals surface area contributed by atoms with Crippen LogP contribution >= 0.6 is 0 Å². The summed E-state index contributed by atoms with van der Waals surface area (Å²) in [5.74, 6) is 0. The number of fused-ring (bicyclic) bond motifs is 6. The lowest BCUT2D eigenvalue weighted by molar-refractivity contribution is 0.606. The van der Waals surface area contributed by atoms with Crippen molar-refractivity contribution < 1.29 is 0 Å². The summed E-state index contributed by atoms with van der Waals surface area (Å²) >= 11 is 0. The van der Waals surface area contributed by atoms with Crippen molar-refractivity contribution in [3.05, 3.63) is 255 Å². The molecule has 302 valence electrons. The molecule has 8 aromatic carbocycles. The second kappa shape index (κ2) is 14.7. The van der Waals surface area contributed by atoms with E-state index in [2.05, 4.69) is 231 Å². The maximum absolute atomic E-state index is 2.57. The third kappa shape index (κ3) is 5.83. The smallest absolute Gasteiger partial charge is 0.0714 e. The summed E-state index contributed by atoms with van der Waals surface area (Å²) in [6.07, 6.45) is 11.6. The number of benzene rings is 8. The molecular formula is C62H49N. The lowest BCUT2D eigenvalue weighted by atomic mass is 9.67. The van der Waals surface area contributed by atoms with Crippen LogP contribution in [0.2, 0.25) is 0 Å². The Morgan fingerprint density at radius 3 is 1.76 bits per heavy atom. The van der Waals surface area contributed by atoms with Crippen LogP contribution in [0.5, 0.6) is 0 Å². The molecule has 0 saturated heterocycles. The molecule has 0 aromatic heterocycles. The number of rotatable bonds is 7. The maximum atomic E-state index is 2.57. The summed E-state index contributed by atoms with van der Waals surface area (Å²) in [6.45, 7) is 4.85. The molecule has 4 aliphatic rings. The van der Waals surface area contributed by atoms with E-state index in [4.69, 9.17) is 0 Å². The van der Waals surface area contributed by atoms with Gasteiger partial charge in [-0.2, -0.15) is 0 Å². The van der Waals surface area contributed by atoms with E-state index in [1.807, 2.05) is 0 Å². The third-order valence-electron chi connectivity index (χ3n) is 14.5. The molecule has 0 N–H and O–H groups in total. The van der Waals surface area contributed by atoms with Gasteiger partial charge in [0.1, 0.15) is 0 Å². The summed E-state index contributed by atoms with van der Waals surface area (Å²) in [4.78, 5) is 2.57. The van der Waals surface area contributed by atoms with E-state index in [1.54, 1.807) is 0 Å². The molecular weight excluding hydrogens is 759 g/mol. The van der Waals surface area contributed by atoms with Gasteiger partial charge in [0.25, 0.3) is 0 Å². The second-order valence-electron chi connectivity index (χ2n) is 18.2. The van der Waals surface area contributed by atoms with Crippen LogP contribution < -0.4 is 15.3 Å². The van der Waals surface area contributed by atoms with Gasteiger partial charge in [-0.15, -0.1) is 0 Å². The molecule has 1 nitrogen and oxygen atoms in total. The van der Waals surface area contributed by atoms with Gasteiger partial charge in [-0.25, -0.2) is 0 Å². The van der Waals surface area contributed by atoms with E-state index in [1.165, 1.54) is 94.0 Å². The highest BCUT2D eigenvalue weighted by Crippen LogP contribution is 2.57. The number of hydrogen-bond acceptors (Lipinski definition) is 1. The van der Waals surface area contributed by atoms with E-state index in [0.29, 0.717) is 0 Å². The standard InChI is InChI=1S/C62H49N/c1-61(2)55-30-13-12-29-53(55)60-57(61)32-17-33-59(60)63(50-36-34-43(35-37-50)45-23-15-22-44(38-45)42-18-5-3-6-19-42)51-27-16-26-49(41-51)62(48-24-7-4-8-25-48)56-31-14-11-28-52(56)54-39-46-20-9-10-21-47(46)40-58(54)62/h3-8,11-16,18-31,33-41H,9-10,17,32H2,1-2H3. The molecule has 0 amide bonds. The Morgan fingerprint density at radius 1 is 0.397 bits per heavy atom. The zero-order valence-electron chi connectivity index (χ0n) is 36.0. The fraction of sp³-hybridized carbons (Fsp3) is 0.129. The molecule has 63 heavy (non-hydrogen) atoms. The van der Waals surface area contributed by atoms with Crippen LogP contribution in [0.1, 0.15) is 72.9 Å². The SMILES string of the molecule is CC1(C)C2=C(C(N(c3ccc(-c4cccc(-c5ccccc5)c4)cc3)c3cccc(C4(c5ccccc5)c5ccccc5-c5cc6c(cc54)=CCCC=6)c3)=CCC2)c2ccccc21. The number of allylic oxidation sites excluding steroid dienone is 3. The van der Waals surface area contributed by atoms with Crippen LogP contribution in [0, 0.1) is 0 Å². The first kappa shape index (κ1) is 37.5. The van der Waals surface area contributed by atoms with Crippen molar-refractivity contribution in [3.8, 4) is 33.4 Å². The highest BCUT2D eigenvalue weighted by Gasteiger charge is 2.47. The fourth-order valence-electron chi connectivity index (χ4n) is 11.6. The molecule has 0 heterocycles. The fourth-order valence-corrected chi connectivity index (χ4v) is 11.6. The van der Waals surface area contributed by atoms with Crippen LogP contribution in [-0.2, 0) is 10.8 Å². The van der Waals surface area contributed by atoms with Crippen LogP contribution in [0.25, 0.3) is 51.1 Å². The predicted molar refractivity (Wildman–Crippen MR) is 264 cm³/mol. The topological polar surface area (TPSA) is 3.24 Å². The minimum absolute atomic E-state index is 0.0468. The lowest BCUT2D eigenvalue weighted by Gasteiger charge is -2.36. The van der Waals surface area contributed by atoms with Crippen LogP contribution in [0.4, 0.5) is 11.4 Å². The average molecular weight is 808 g/mol. The molecule has 4 aliphatic carbocycles. The van der Waals surface area contributed by atoms with Gasteiger partial charge >= 0.3 is 0 Å². The van der Waals surface area contributed by atoms with Crippen LogP contribution in [0.15, 0.2) is 211 Å². The zero-order chi connectivity index (χ0) is 42.1. The number of nitrogens with zero attached hydrogens (tertiary/aromatic N) is 1. The van der Waals surface area contributed by atoms with E-state index in [9.17, 15) is 0 Å². The Hall–Kier alpha value is -7.22. The van der Waals surface area contributed by atoms with E-state index in [-0.39, 0.29) is 5.41 Å². The molecule has 0 aliphatic heterocycles. The summed E-state index contributed by atoms with van der Waals surface area (Å²) in [7, 11) is 0. The molecule has 8 aromatic rings. The van der Waals surface area contributed by atoms with Crippen LogP contribution in [-0.4, -0.2) is 0 Å². The predicted octanol–water partition coefficient (Wildman–Crippen LogP) is 14.3. The van der Waals surface area contributed by atoms with Gasteiger partial charge in [-0.3, -0.25) is 0 Å². The van der Waals surface area contributed by atoms with Gasteiger partial charge in [-0.1, -0.05) is 184 Å². The Labute approximate surface area is 371 Å². The summed E-state index contributed by atoms with van der Waals surface area (Å²) < 4.78 is 0. The number of hydrogen-bond donors (Lipinski definition) is 0. The summed E-state index contributed by atoms with van der Waals surface area (Å²) in [5.41, 5.74) is 21.5. The first-order valence-electron chi connectivity index (χ1n) is 22.7. The number of anilines is 2. The van der Waals surface area contributed by atoms with Gasteiger partial charge in [0.15, 0.2) is 0 Å². The van der Waals surface area contributed by atoms with Crippen molar-refractivity contribution in [1.82, 2.24) is 0 Å². The van der Waals surface area contributed by atoms with Gasteiger partial charge < -0.3 is 4.90 Å². The molecule has 0 fully saturated rings. The molecule has 1 heteroatoms. The van der Waals surface area contributed by atoms with Crippen molar-refractivity contribution in [3.63, 3.8) is 0 Å². The normalized spacial score (nSPS) is 17.6. The molecule has 0 bridgehead atoms. The van der Waals surface area contributed by atoms with E-state index >= 15 is 0 Å². The van der Waals surface area contributed by atoms with Crippen molar-refractivity contribution >= 4 is 29.1 Å². The monoisotopic (exact) mass is 807 g/mol. The van der Waals surface area contributed by atoms with Gasteiger partial charge in [0.05, 0.1) is 5.41 Å². The van der Waals surface area contributed by atoms with Gasteiger partial charge in [0.2, 0.25) is 0 Å². The summed E-state index contributed by atoms with van der Waals surface area (Å²) in [5, 5.41) is 2.69. The molecule has 12 rings (SSSR count). The van der Waals surface area contributed by atoms with E-state index < -0.39 is 5.41 Å². The second-order valence-corrected chi connectivity index (χ2v) is 18.2. The van der Waals surface area contributed by atoms with Crippen molar-refractivity contribution in [2.24, 2.45) is 0 Å². The third-order valence-corrected chi connectivity index (χ3v) is 14.5. The van der Waals surface area contributed by atoms with Crippen molar-refractivity contribution in [1.29, 1.82) is 0 Å². The molecule has 0 saturated carbocycles. The van der Waals surface area contributed by atoms with Gasteiger partial charge in [-0.05, 0) is 151 Å². The maximum Gasteiger partial charge on any atom is 0.0714 e. The largest absolute Gasteiger partial charge is 0.310 e. The minimum atomic E-state index is -0.518. The first-order valence-corrected chi connectivity index (χ1v) is 22.7. The highest BCUT2D eigenvalue weighted by molar-refractivity contribution is 5.96. The highest BCUT2D eigenvalue weighted by atomic mass is 15.2. The van der Waals surface area contributed by atoms with Crippen molar-refractivity contribution in [2.75, 3.05) is 4.90 Å². The Morgan fingerprint density at radius 2 is 1.00 bits per heavy atom. The Bertz CT molecular complexity index is 3290. The molecule has 0 spiro atoms. The Kier molecular flexibility index (Phi) is 8.76. The quantitative estimate of drug-likeness (QED) is 0.155. The first-order chi connectivity index (χ1) is 31.0. The Balaban J connectivity index is 1.07.